The summed E-state index contributed by atoms with van der Waals surface area (Å²) in [5, 5.41) is 11.3. The summed E-state index contributed by atoms with van der Waals surface area (Å²) >= 11 is 0. The highest BCUT2D eigenvalue weighted by Gasteiger charge is 2.06. The summed E-state index contributed by atoms with van der Waals surface area (Å²) in [4.78, 5) is 15.8. The average molecular weight is 256 g/mol. The smallest absolute Gasteiger partial charge is 0.270 e. The Hall–Kier alpha value is -2.58. The molecule has 2 aromatic rings. The van der Waals surface area contributed by atoms with Gasteiger partial charge in [0.25, 0.3) is 5.91 Å². The minimum atomic E-state index is -0.261. The van der Waals surface area contributed by atoms with Crippen molar-refractivity contribution in [1.82, 2.24) is 10.3 Å². The first-order chi connectivity index (χ1) is 9.29. The number of pyridine rings is 1. The standard InChI is InChI=1S/C14H12N2O3/c17-6-1-2-11-3-4-13(15-8-11)14(18)16-9-12-5-7-19-10-12/h3-5,7-8,10,17H,6,9H2,(H,16,18). The summed E-state index contributed by atoms with van der Waals surface area (Å²) in [6.45, 7) is 0.190. The van der Waals surface area contributed by atoms with Gasteiger partial charge in [0.15, 0.2) is 0 Å². The van der Waals surface area contributed by atoms with E-state index in [0.717, 1.165) is 5.56 Å². The summed E-state index contributed by atoms with van der Waals surface area (Å²) in [6.07, 6.45) is 4.62. The lowest BCUT2D eigenvalue weighted by molar-refractivity contribution is 0.0946. The zero-order chi connectivity index (χ0) is 13.5. The molecule has 0 bridgehead atoms. The summed E-state index contributed by atoms with van der Waals surface area (Å²) in [7, 11) is 0. The van der Waals surface area contributed by atoms with Crippen LogP contribution in [0.4, 0.5) is 0 Å². The van der Waals surface area contributed by atoms with Crippen molar-refractivity contribution in [3.8, 4) is 11.8 Å². The maximum Gasteiger partial charge on any atom is 0.270 e. The number of aromatic nitrogens is 1. The molecule has 0 unspecified atom stereocenters. The average Bonchev–Trinajstić information content (AvgIpc) is 2.96. The zero-order valence-corrected chi connectivity index (χ0v) is 10.1. The van der Waals surface area contributed by atoms with Gasteiger partial charge in [0, 0.05) is 23.9 Å². The molecule has 0 radical (unpaired) electrons. The molecule has 96 valence electrons. The lowest BCUT2D eigenvalue weighted by Crippen LogP contribution is -2.23. The molecule has 0 aliphatic heterocycles. The van der Waals surface area contributed by atoms with Gasteiger partial charge < -0.3 is 14.8 Å². The van der Waals surface area contributed by atoms with Gasteiger partial charge in [-0.15, -0.1) is 0 Å². The molecule has 0 aromatic carbocycles. The Balaban J connectivity index is 1.95. The summed E-state index contributed by atoms with van der Waals surface area (Å²) in [6, 6.07) is 5.05. The van der Waals surface area contributed by atoms with Crippen molar-refractivity contribution in [3.63, 3.8) is 0 Å². The van der Waals surface area contributed by atoms with Gasteiger partial charge in [-0.3, -0.25) is 4.79 Å². The highest BCUT2D eigenvalue weighted by Crippen LogP contribution is 2.02. The van der Waals surface area contributed by atoms with Gasteiger partial charge in [0.05, 0.1) is 12.5 Å². The second-order valence-corrected chi connectivity index (χ2v) is 3.71. The summed E-state index contributed by atoms with van der Waals surface area (Å²) in [5.41, 5.74) is 1.86. The maximum atomic E-state index is 11.8. The third-order valence-corrected chi connectivity index (χ3v) is 2.34. The van der Waals surface area contributed by atoms with Crippen LogP contribution in [0.3, 0.4) is 0 Å². The fraction of sp³-hybridized carbons (Fsp3) is 0.143. The summed E-state index contributed by atoms with van der Waals surface area (Å²) < 4.78 is 4.90. The Kier molecular flexibility index (Phi) is 4.32. The van der Waals surface area contributed by atoms with Crippen molar-refractivity contribution >= 4 is 5.91 Å². The van der Waals surface area contributed by atoms with Gasteiger partial charge in [-0.2, -0.15) is 0 Å². The Morgan fingerprint density at radius 2 is 2.32 bits per heavy atom. The van der Waals surface area contributed by atoms with E-state index in [1.54, 1.807) is 30.7 Å². The normalized spacial score (nSPS) is 9.53. The third-order valence-electron chi connectivity index (χ3n) is 2.34. The lowest BCUT2D eigenvalue weighted by Gasteiger charge is -2.02. The second kappa shape index (κ2) is 6.38. The number of carbonyl (C=O) groups is 1. The van der Waals surface area contributed by atoms with Crippen LogP contribution in [0, 0.1) is 11.8 Å². The van der Waals surface area contributed by atoms with Crippen molar-refractivity contribution in [1.29, 1.82) is 0 Å². The number of nitrogens with one attached hydrogen (secondary N) is 1. The molecule has 19 heavy (non-hydrogen) atoms. The van der Waals surface area contributed by atoms with Gasteiger partial charge in [0.1, 0.15) is 12.3 Å². The van der Waals surface area contributed by atoms with Crippen molar-refractivity contribution in [2.75, 3.05) is 6.61 Å². The van der Waals surface area contributed by atoms with Crippen LogP contribution < -0.4 is 5.32 Å². The van der Waals surface area contributed by atoms with E-state index in [1.807, 2.05) is 0 Å². The van der Waals surface area contributed by atoms with Crippen LogP contribution in [0.5, 0.6) is 0 Å². The number of aliphatic hydroxyl groups excluding tert-OH is 1. The Bertz CT molecular complexity index is 592. The van der Waals surface area contributed by atoms with E-state index < -0.39 is 0 Å². The van der Waals surface area contributed by atoms with Gasteiger partial charge in [-0.25, -0.2) is 4.98 Å². The Labute approximate surface area is 110 Å². The number of amides is 1. The van der Waals surface area contributed by atoms with Gasteiger partial charge >= 0.3 is 0 Å². The third kappa shape index (κ3) is 3.69. The van der Waals surface area contributed by atoms with E-state index in [2.05, 4.69) is 22.1 Å². The Morgan fingerprint density at radius 1 is 1.42 bits per heavy atom. The maximum absolute atomic E-state index is 11.8. The van der Waals surface area contributed by atoms with Crippen LogP contribution in [0.25, 0.3) is 0 Å². The fourth-order valence-corrected chi connectivity index (χ4v) is 1.41. The molecule has 2 aromatic heterocycles. The molecular weight excluding hydrogens is 244 g/mol. The van der Waals surface area contributed by atoms with Crippen LogP contribution in [0.1, 0.15) is 21.6 Å². The van der Waals surface area contributed by atoms with Crippen LogP contribution in [-0.2, 0) is 6.54 Å². The van der Waals surface area contributed by atoms with Gasteiger partial charge in [-0.05, 0) is 18.2 Å². The topological polar surface area (TPSA) is 75.4 Å². The van der Waals surface area contributed by atoms with Crippen LogP contribution in [0.2, 0.25) is 0 Å². The number of hydrogen-bond acceptors (Lipinski definition) is 4. The first kappa shape index (κ1) is 12.9. The van der Waals surface area contributed by atoms with Crippen LogP contribution >= 0.6 is 0 Å². The quantitative estimate of drug-likeness (QED) is 0.802. The minimum Gasteiger partial charge on any atom is -0.472 e. The molecule has 0 aliphatic carbocycles. The molecule has 0 aliphatic rings. The van der Waals surface area contributed by atoms with Gasteiger partial charge in [0.2, 0.25) is 0 Å². The molecule has 1 amide bonds. The number of aliphatic hydroxyl groups is 1. The first-order valence-electron chi connectivity index (χ1n) is 5.64. The molecule has 2 N–H and O–H groups in total. The Morgan fingerprint density at radius 3 is 2.95 bits per heavy atom. The molecular formula is C14H12N2O3. The van der Waals surface area contributed by atoms with E-state index in [1.165, 1.54) is 6.20 Å². The highest BCUT2D eigenvalue weighted by molar-refractivity contribution is 5.92. The number of furan rings is 1. The largest absolute Gasteiger partial charge is 0.472 e. The van der Waals surface area contributed by atoms with E-state index in [9.17, 15) is 4.79 Å². The molecule has 0 spiro atoms. The number of nitrogens with zero attached hydrogens (tertiary/aromatic N) is 1. The number of carbonyl (C=O) groups excluding carboxylic acids is 1. The van der Waals surface area contributed by atoms with E-state index in [4.69, 9.17) is 9.52 Å². The van der Waals surface area contributed by atoms with Crippen LogP contribution in [-0.4, -0.2) is 22.6 Å². The zero-order valence-electron chi connectivity index (χ0n) is 10.1. The fourth-order valence-electron chi connectivity index (χ4n) is 1.41. The van der Waals surface area contributed by atoms with E-state index >= 15 is 0 Å². The molecule has 0 atom stereocenters. The molecule has 5 nitrogen and oxygen atoms in total. The highest BCUT2D eigenvalue weighted by atomic mass is 16.3. The van der Waals surface area contributed by atoms with Crippen molar-refractivity contribution < 1.29 is 14.3 Å². The van der Waals surface area contributed by atoms with Crippen LogP contribution in [0.15, 0.2) is 41.3 Å². The predicted molar refractivity (Wildman–Crippen MR) is 68.1 cm³/mol. The minimum absolute atomic E-state index is 0.201. The van der Waals surface area contributed by atoms with Crippen molar-refractivity contribution in [3.05, 3.63) is 53.7 Å². The molecule has 2 rings (SSSR count). The SMILES string of the molecule is O=C(NCc1ccoc1)c1ccc(C#CCO)cn1. The van der Waals surface area contributed by atoms with Crippen molar-refractivity contribution in [2.45, 2.75) is 6.54 Å². The number of rotatable bonds is 3. The van der Waals surface area contributed by atoms with E-state index in [0.29, 0.717) is 17.8 Å². The first-order valence-corrected chi connectivity index (χ1v) is 5.64. The van der Waals surface area contributed by atoms with E-state index in [-0.39, 0.29) is 12.5 Å². The lowest BCUT2D eigenvalue weighted by atomic mass is 10.2. The molecule has 0 saturated carbocycles. The summed E-state index contributed by atoms with van der Waals surface area (Å²) in [5.74, 6) is 4.96. The van der Waals surface area contributed by atoms with Crippen molar-refractivity contribution in [2.24, 2.45) is 0 Å². The second-order valence-electron chi connectivity index (χ2n) is 3.71. The van der Waals surface area contributed by atoms with Gasteiger partial charge in [-0.1, -0.05) is 11.8 Å². The number of hydrogen-bond donors (Lipinski definition) is 2. The monoisotopic (exact) mass is 256 g/mol. The molecule has 0 fully saturated rings. The predicted octanol–water partition coefficient (Wildman–Crippen LogP) is 0.948. The molecule has 2 heterocycles. The molecule has 0 saturated heterocycles. The molecule has 5 heteroatoms.